The van der Waals surface area contributed by atoms with E-state index < -0.39 is 21.6 Å². The van der Waals surface area contributed by atoms with E-state index in [4.69, 9.17) is 4.74 Å². The molecule has 0 N–H and O–H groups in total. The average molecular weight is 535 g/mol. The van der Waals surface area contributed by atoms with E-state index in [2.05, 4.69) is 15.0 Å². The van der Waals surface area contributed by atoms with Crippen LogP contribution in [0.2, 0.25) is 0 Å². The lowest BCUT2D eigenvalue weighted by molar-refractivity contribution is -0.137. The number of aryl methyl sites for hydroxylation is 1. The van der Waals surface area contributed by atoms with Gasteiger partial charge in [0.05, 0.1) is 21.9 Å². The molecule has 0 spiro atoms. The highest BCUT2D eigenvalue weighted by molar-refractivity contribution is 7.90. The van der Waals surface area contributed by atoms with Gasteiger partial charge in [0.1, 0.15) is 12.4 Å². The van der Waals surface area contributed by atoms with Crippen LogP contribution in [0.1, 0.15) is 47.6 Å². The quantitative estimate of drug-likeness (QED) is 0.430. The van der Waals surface area contributed by atoms with Gasteiger partial charge in [0.2, 0.25) is 5.88 Å². The summed E-state index contributed by atoms with van der Waals surface area (Å²) in [6.45, 7) is 1.69. The molecule has 1 saturated carbocycles. The molecule has 1 aliphatic rings. The van der Waals surface area contributed by atoms with E-state index in [0.717, 1.165) is 6.07 Å². The summed E-state index contributed by atoms with van der Waals surface area (Å²) in [5, 5.41) is 0. The molecule has 0 bridgehead atoms. The lowest BCUT2D eigenvalue weighted by Crippen LogP contribution is -2.46. The third-order valence-corrected chi connectivity index (χ3v) is 8.50. The first-order valence-electron chi connectivity index (χ1n) is 11.9. The molecule has 0 saturated heterocycles. The molecule has 7 nitrogen and oxygen atoms in total. The van der Waals surface area contributed by atoms with Gasteiger partial charge in [-0.3, -0.25) is 0 Å². The van der Waals surface area contributed by atoms with Crippen LogP contribution in [-0.4, -0.2) is 54.5 Å². The van der Waals surface area contributed by atoms with Gasteiger partial charge in [-0.25, -0.2) is 23.4 Å². The second-order valence-corrected chi connectivity index (χ2v) is 11.5. The zero-order chi connectivity index (χ0) is 26.8. The minimum atomic E-state index is -4.38. The summed E-state index contributed by atoms with van der Waals surface area (Å²) in [6.07, 6.45) is 1.39. The van der Waals surface area contributed by atoms with Crippen molar-refractivity contribution in [3.05, 3.63) is 77.5 Å². The van der Waals surface area contributed by atoms with E-state index in [0.29, 0.717) is 42.0 Å². The van der Waals surface area contributed by atoms with Crippen LogP contribution in [0.5, 0.6) is 5.88 Å². The van der Waals surface area contributed by atoms with Gasteiger partial charge in [-0.2, -0.15) is 13.2 Å². The third kappa shape index (κ3) is 6.45. The fourth-order valence-electron chi connectivity index (χ4n) is 4.81. The van der Waals surface area contributed by atoms with Crippen molar-refractivity contribution in [3.8, 4) is 5.88 Å². The number of likely N-dealkylation sites (N-methyl/N-ethyl adjacent to an activating group) is 1. The van der Waals surface area contributed by atoms with Gasteiger partial charge in [0.25, 0.3) is 0 Å². The number of nitrogens with zero attached hydrogens (tertiary/aromatic N) is 4. The molecule has 1 aromatic carbocycles. The molecule has 2 aromatic heterocycles. The Morgan fingerprint density at radius 2 is 1.89 bits per heavy atom. The van der Waals surface area contributed by atoms with Gasteiger partial charge in [-0.1, -0.05) is 18.2 Å². The van der Waals surface area contributed by atoms with E-state index in [1.54, 1.807) is 25.1 Å². The van der Waals surface area contributed by atoms with Crippen LogP contribution < -0.4 is 4.74 Å². The number of pyridine rings is 1. The number of hydrogen-bond acceptors (Lipinski definition) is 7. The molecule has 37 heavy (non-hydrogen) atoms. The van der Waals surface area contributed by atoms with Crippen LogP contribution in [0.4, 0.5) is 13.2 Å². The Balaban J connectivity index is 1.48. The Labute approximate surface area is 214 Å². The monoisotopic (exact) mass is 534 g/mol. The summed E-state index contributed by atoms with van der Waals surface area (Å²) in [6, 6.07) is 8.64. The molecule has 1 fully saturated rings. The van der Waals surface area contributed by atoms with Gasteiger partial charge in [0, 0.05) is 24.5 Å². The van der Waals surface area contributed by atoms with E-state index >= 15 is 0 Å². The first-order chi connectivity index (χ1) is 17.4. The zero-order valence-corrected chi connectivity index (χ0v) is 21.6. The smallest absolute Gasteiger partial charge is 0.416 e. The van der Waals surface area contributed by atoms with Gasteiger partial charge >= 0.3 is 6.18 Å². The Hall–Kier alpha value is -3.05. The third-order valence-electron chi connectivity index (χ3n) is 6.73. The van der Waals surface area contributed by atoms with Crippen LogP contribution in [0.25, 0.3) is 0 Å². The molecular weight excluding hydrogens is 505 g/mol. The maximum absolute atomic E-state index is 13.2. The predicted molar refractivity (Wildman–Crippen MR) is 132 cm³/mol. The minimum Gasteiger partial charge on any atom is -0.473 e. The first-order valence-corrected chi connectivity index (χ1v) is 13.5. The summed E-state index contributed by atoms with van der Waals surface area (Å²) in [5.74, 6) is 0.0203. The molecule has 198 valence electrons. The highest BCUT2D eigenvalue weighted by atomic mass is 32.2. The summed E-state index contributed by atoms with van der Waals surface area (Å²) >= 11 is 0. The van der Waals surface area contributed by atoms with Crippen molar-refractivity contribution in [1.82, 2.24) is 19.9 Å². The zero-order valence-electron chi connectivity index (χ0n) is 20.8. The summed E-state index contributed by atoms with van der Waals surface area (Å²) < 4.78 is 71.6. The second-order valence-electron chi connectivity index (χ2n) is 9.57. The molecular formula is C26H29F3N4O3S. The van der Waals surface area contributed by atoms with E-state index in [1.165, 1.54) is 30.9 Å². The van der Waals surface area contributed by atoms with Crippen LogP contribution in [0, 0.1) is 6.92 Å². The first kappa shape index (κ1) is 27.0. The van der Waals surface area contributed by atoms with Crippen molar-refractivity contribution >= 4 is 9.84 Å². The van der Waals surface area contributed by atoms with Crippen molar-refractivity contribution in [2.75, 3.05) is 14.1 Å². The van der Waals surface area contributed by atoms with Crippen molar-refractivity contribution in [2.45, 2.75) is 61.1 Å². The average Bonchev–Trinajstić information content (AvgIpc) is 2.84. The molecule has 3 atom stereocenters. The number of rotatable bonds is 7. The summed E-state index contributed by atoms with van der Waals surface area (Å²) in [7, 11) is 0.161. The maximum atomic E-state index is 13.2. The number of ether oxygens (including phenoxy) is 1. The second kappa shape index (κ2) is 10.7. The molecule has 1 aliphatic carbocycles. The van der Waals surface area contributed by atoms with Gasteiger partial charge < -0.3 is 9.64 Å². The van der Waals surface area contributed by atoms with Crippen LogP contribution >= 0.6 is 0 Å². The van der Waals surface area contributed by atoms with Gasteiger partial charge in [0.15, 0.2) is 9.84 Å². The number of sulfone groups is 1. The molecule has 0 aliphatic heterocycles. The maximum Gasteiger partial charge on any atom is 0.416 e. The van der Waals surface area contributed by atoms with E-state index in [9.17, 15) is 21.6 Å². The fourth-order valence-corrected chi connectivity index (χ4v) is 6.29. The topological polar surface area (TPSA) is 85.3 Å². The Morgan fingerprint density at radius 1 is 1.11 bits per heavy atom. The van der Waals surface area contributed by atoms with Crippen LogP contribution in [0.3, 0.4) is 0 Å². The van der Waals surface area contributed by atoms with Gasteiger partial charge in [-0.05, 0) is 69.5 Å². The van der Waals surface area contributed by atoms with Crippen molar-refractivity contribution in [3.63, 3.8) is 0 Å². The Bertz CT molecular complexity index is 1330. The van der Waals surface area contributed by atoms with E-state index in [1.807, 2.05) is 19.0 Å². The molecule has 3 aromatic rings. The predicted octanol–water partition coefficient (Wildman–Crippen LogP) is 4.82. The van der Waals surface area contributed by atoms with Crippen molar-refractivity contribution in [1.29, 1.82) is 0 Å². The fraction of sp³-hybridized carbons (Fsp3) is 0.423. The highest BCUT2D eigenvalue weighted by Crippen LogP contribution is 2.38. The SMILES string of the molecule is Cc1cc(O[C@H]2CC[C@H](c3cccc(C(F)(F)F)c3)C[C@@H]2N(C)C)ncc1S(=O)(=O)Cc1ccncn1. The standard InChI is InChI=1S/C26H29F3N4O3S/c1-17-11-25(31-14-24(17)37(34,35)15-21-9-10-30-16-32-21)36-23-8-7-19(13-22(23)33(2)3)18-5-4-6-20(12-18)26(27,28)29/h4-6,9-12,14,16,19,22-23H,7-8,13,15H2,1-3H3/t19-,22-,23-/m0/s1. The van der Waals surface area contributed by atoms with E-state index in [-0.39, 0.29) is 28.7 Å². The molecule has 0 radical (unpaired) electrons. The van der Waals surface area contributed by atoms with Crippen LogP contribution in [-0.2, 0) is 21.8 Å². The van der Waals surface area contributed by atoms with Crippen LogP contribution in [0.15, 0.2) is 60.0 Å². The molecule has 0 unspecified atom stereocenters. The molecule has 2 heterocycles. The minimum absolute atomic E-state index is 0.0291. The Kier molecular flexibility index (Phi) is 7.84. The lowest BCUT2D eigenvalue weighted by Gasteiger charge is -2.39. The highest BCUT2D eigenvalue weighted by Gasteiger charge is 2.36. The Morgan fingerprint density at radius 3 is 2.54 bits per heavy atom. The van der Waals surface area contributed by atoms with Crippen molar-refractivity contribution < 1.29 is 26.3 Å². The number of benzene rings is 1. The number of aromatic nitrogens is 3. The summed E-state index contributed by atoms with van der Waals surface area (Å²) in [4.78, 5) is 14.2. The molecule has 11 heteroatoms. The number of hydrogen-bond donors (Lipinski definition) is 0. The lowest BCUT2D eigenvalue weighted by atomic mass is 9.79. The molecule has 4 rings (SSSR count). The number of alkyl halides is 3. The van der Waals surface area contributed by atoms with Crippen molar-refractivity contribution in [2.24, 2.45) is 0 Å². The largest absolute Gasteiger partial charge is 0.473 e. The van der Waals surface area contributed by atoms with Gasteiger partial charge in [-0.15, -0.1) is 0 Å². The normalized spacial score (nSPS) is 20.7. The summed E-state index contributed by atoms with van der Waals surface area (Å²) in [5.41, 5.74) is 0.936. The number of halogens is 3. The molecule has 0 amide bonds.